The summed E-state index contributed by atoms with van der Waals surface area (Å²) in [6.45, 7) is 8.79. The van der Waals surface area contributed by atoms with Crippen molar-refractivity contribution in [1.82, 2.24) is 10.2 Å². The fourth-order valence-electron chi connectivity index (χ4n) is 2.32. The number of hydrogen-bond donors (Lipinski definition) is 1. The molecular weight excluding hydrogens is 255 g/mol. The highest BCUT2D eigenvalue weighted by atomic mass is 19.1. The first-order chi connectivity index (χ1) is 9.71. The molecule has 0 bridgehead atoms. The third kappa shape index (κ3) is 5.99. The number of rotatable bonds is 10. The molecule has 114 valence electrons. The molecule has 20 heavy (non-hydrogen) atoms. The Morgan fingerprint density at radius 2 is 2.10 bits per heavy atom. The smallest absolute Gasteiger partial charge is 0.123 e. The van der Waals surface area contributed by atoms with Crippen LogP contribution in [0, 0.1) is 5.82 Å². The van der Waals surface area contributed by atoms with Gasteiger partial charge in [-0.25, -0.2) is 4.39 Å². The molecule has 0 radical (unpaired) electrons. The first-order valence-corrected chi connectivity index (χ1v) is 7.41. The summed E-state index contributed by atoms with van der Waals surface area (Å²) in [5.74, 6) is -0.169. The first kappa shape index (κ1) is 17.1. The zero-order valence-corrected chi connectivity index (χ0v) is 12.9. The van der Waals surface area contributed by atoms with Gasteiger partial charge in [-0.1, -0.05) is 26.0 Å². The van der Waals surface area contributed by atoms with E-state index in [1.165, 1.54) is 6.07 Å². The summed E-state index contributed by atoms with van der Waals surface area (Å²) in [5.41, 5.74) is 1.02. The van der Waals surface area contributed by atoms with Crippen LogP contribution in [0.2, 0.25) is 0 Å². The summed E-state index contributed by atoms with van der Waals surface area (Å²) < 4.78 is 18.5. The summed E-state index contributed by atoms with van der Waals surface area (Å²) in [6.07, 6.45) is 0.967. The second-order valence-corrected chi connectivity index (χ2v) is 4.88. The number of halogens is 1. The van der Waals surface area contributed by atoms with Crippen molar-refractivity contribution < 1.29 is 9.13 Å². The number of benzene rings is 1. The fraction of sp³-hybridized carbons (Fsp3) is 0.625. The highest BCUT2D eigenvalue weighted by Crippen LogP contribution is 2.18. The first-order valence-electron chi connectivity index (χ1n) is 7.41. The maximum atomic E-state index is 13.3. The lowest BCUT2D eigenvalue weighted by Gasteiger charge is -2.24. The number of ether oxygens (including phenoxy) is 1. The average Bonchev–Trinajstić information content (AvgIpc) is 2.46. The van der Waals surface area contributed by atoms with Crippen molar-refractivity contribution in [2.45, 2.75) is 26.3 Å². The molecule has 0 amide bonds. The topological polar surface area (TPSA) is 24.5 Å². The minimum absolute atomic E-state index is 0.169. The van der Waals surface area contributed by atoms with E-state index in [1.54, 1.807) is 19.2 Å². The van der Waals surface area contributed by atoms with Gasteiger partial charge in [-0.05, 0) is 37.2 Å². The number of nitrogens with one attached hydrogen (secondary N) is 1. The predicted octanol–water partition coefficient (Wildman–Crippen LogP) is 2.83. The Balaban J connectivity index is 2.58. The molecule has 1 atom stereocenters. The quantitative estimate of drug-likeness (QED) is 0.714. The second-order valence-electron chi connectivity index (χ2n) is 4.88. The molecule has 1 unspecified atom stereocenters. The van der Waals surface area contributed by atoms with Gasteiger partial charge in [-0.15, -0.1) is 0 Å². The molecule has 0 aliphatic heterocycles. The van der Waals surface area contributed by atoms with Crippen LogP contribution >= 0.6 is 0 Å². The van der Waals surface area contributed by atoms with Gasteiger partial charge >= 0.3 is 0 Å². The Morgan fingerprint density at radius 3 is 2.70 bits per heavy atom. The van der Waals surface area contributed by atoms with Crippen molar-refractivity contribution >= 4 is 0 Å². The van der Waals surface area contributed by atoms with Gasteiger partial charge in [0.05, 0.1) is 6.61 Å². The summed E-state index contributed by atoms with van der Waals surface area (Å²) in [4.78, 5) is 2.35. The van der Waals surface area contributed by atoms with E-state index in [0.717, 1.165) is 44.8 Å². The van der Waals surface area contributed by atoms with Gasteiger partial charge < -0.3 is 15.0 Å². The molecule has 0 saturated heterocycles. The van der Waals surface area contributed by atoms with Crippen LogP contribution in [0.3, 0.4) is 0 Å². The second kappa shape index (κ2) is 9.86. The lowest BCUT2D eigenvalue weighted by Crippen LogP contribution is -2.31. The summed E-state index contributed by atoms with van der Waals surface area (Å²) in [7, 11) is 1.72. The van der Waals surface area contributed by atoms with Gasteiger partial charge in [-0.2, -0.15) is 0 Å². The van der Waals surface area contributed by atoms with Crippen LogP contribution in [-0.2, 0) is 4.74 Å². The largest absolute Gasteiger partial charge is 0.383 e. The van der Waals surface area contributed by atoms with Gasteiger partial charge in [0, 0.05) is 26.2 Å². The van der Waals surface area contributed by atoms with Crippen molar-refractivity contribution in [2.75, 3.05) is 39.9 Å². The Kier molecular flexibility index (Phi) is 8.42. The minimum Gasteiger partial charge on any atom is -0.383 e. The fourth-order valence-corrected chi connectivity index (χ4v) is 2.32. The van der Waals surface area contributed by atoms with Crippen molar-refractivity contribution in [2.24, 2.45) is 0 Å². The van der Waals surface area contributed by atoms with Crippen LogP contribution in [-0.4, -0.2) is 44.8 Å². The van der Waals surface area contributed by atoms with Gasteiger partial charge in [0.25, 0.3) is 0 Å². The third-order valence-electron chi connectivity index (χ3n) is 3.49. The molecular formula is C16H27FN2O. The van der Waals surface area contributed by atoms with E-state index in [9.17, 15) is 4.39 Å². The van der Waals surface area contributed by atoms with Crippen LogP contribution in [0.5, 0.6) is 0 Å². The Bertz CT molecular complexity index is 373. The lowest BCUT2D eigenvalue weighted by molar-refractivity contribution is 0.148. The molecule has 3 nitrogen and oxygen atoms in total. The Morgan fingerprint density at radius 1 is 1.30 bits per heavy atom. The highest BCUT2D eigenvalue weighted by molar-refractivity contribution is 5.20. The Labute approximate surface area is 122 Å². The standard InChI is InChI=1S/C16H27FN2O/c1-4-18-16(14-7-6-8-15(17)13-14)9-10-19(5-2)11-12-20-3/h6-8,13,16,18H,4-5,9-12H2,1-3H3. The van der Waals surface area contributed by atoms with Crippen LogP contribution < -0.4 is 5.32 Å². The van der Waals surface area contributed by atoms with E-state index < -0.39 is 0 Å². The molecule has 0 aliphatic rings. The van der Waals surface area contributed by atoms with Gasteiger partial charge in [-0.3, -0.25) is 0 Å². The summed E-state index contributed by atoms with van der Waals surface area (Å²) in [5, 5.41) is 3.44. The monoisotopic (exact) mass is 282 g/mol. The maximum absolute atomic E-state index is 13.3. The molecule has 0 heterocycles. The van der Waals surface area contributed by atoms with E-state index in [4.69, 9.17) is 4.74 Å². The van der Waals surface area contributed by atoms with Crippen LogP contribution in [0.1, 0.15) is 31.9 Å². The summed E-state index contributed by atoms with van der Waals surface area (Å²) >= 11 is 0. The molecule has 0 aromatic heterocycles. The maximum Gasteiger partial charge on any atom is 0.123 e. The number of hydrogen-bond acceptors (Lipinski definition) is 3. The molecule has 4 heteroatoms. The van der Waals surface area contributed by atoms with E-state index >= 15 is 0 Å². The predicted molar refractivity (Wildman–Crippen MR) is 81.4 cm³/mol. The third-order valence-corrected chi connectivity index (χ3v) is 3.49. The lowest BCUT2D eigenvalue weighted by atomic mass is 10.0. The number of likely N-dealkylation sites (N-methyl/N-ethyl adjacent to an activating group) is 1. The molecule has 0 aliphatic carbocycles. The molecule has 0 saturated carbocycles. The van der Waals surface area contributed by atoms with Crippen LogP contribution in [0.25, 0.3) is 0 Å². The van der Waals surface area contributed by atoms with E-state index in [0.29, 0.717) is 0 Å². The van der Waals surface area contributed by atoms with E-state index in [1.807, 2.05) is 6.07 Å². The van der Waals surface area contributed by atoms with Crippen molar-refractivity contribution in [3.05, 3.63) is 35.6 Å². The molecule has 1 N–H and O–H groups in total. The molecule has 0 spiro atoms. The minimum atomic E-state index is -0.169. The van der Waals surface area contributed by atoms with Gasteiger partial charge in [0.1, 0.15) is 5.82 Å². The molecule has 1 rings (SSSR count). The van der Waals surface area contributed by atoms with E-state index in [-0.39, 0.29) is 11.9 Å². The van der Waals surface area contributed by atoms with Gasteiger partial charge in [0.15, 0.2) is 0 Å². The van der Waals surface area contributed by atoms with Crippen LogP contribution in [0.15, 0.2) is 24.3 Å². The van der Waals surface area contributed by atoms with Crippen molar-refractivity contribution in [1.29, 1.82) is 0 Å². The molecule has 1 aromatic carbocycles. The summed E-state index contributed by atoms with van der Waals surface area (Å²) in [6, 6.07) is 7.08. The van der Waals surface area contributed by atoms with Crippen molar-refractivity contribution in [3.63, 3.8) is 0 Å². The normalized spacial score (nSPS) is 12.8. The average molecular weight is 282 g/mol. The number of methoxy groups -OCH3 is 1. The highest BCUT2D eigenvalue weighted by Gasteiger charge is 2.12. The molecule has 1 aromatic rings. The van der Waals surface area contributed by atoms with Crippen LogP contribution in [0.4, 0.5) is 4.39 Å². The van der Waals surface area contributed by atoms with E-state index in [2.05, 4.69) is 24.1 Å². The SMILES string of the molecule is CCNC(CCN(CC)CCOC)c1cccc(F)c1. The zero-order chi connectivity index (χ0) is 14.8. The van der Waals surface area contributed by atoms with Gasteiger partial charge in [0.2, 0.25) is 0 Å². The van der Waals surface area contributed by atoms with Crippen molar-refractivity contribution in [3.8, 4) is 0 Å². The molecule has 0 fully saturated rings. The Hall–Kier alpha value is -0.970. The number of nitrogens with zero attached hydrogens (tertiary/aromatic N) is 1. The zero-order valence-electron chi connectivity index (χ0n) is 12.9.